The number of hydrogen-bond acceptors (Lipinski definition) is 5. The van der Waals surface area contributed by atoms with E-state index in [0.717, 1.165) is 25.8 Å². The third-order valence-corrected chi connectivity index (χ3v) is 5.04. The maximum absolute atomic E-state index is 13.1. The Morgan fingerprint density at radius 3 is 2.68 bits per heavy atom. The minimum Gasteiger partial charge on any atom is -0.495 e. The van der Waals surface area contributed by atoms with E-state index >= 15 is 0 Å². The number of nitrogens with zero attached hydrogens (tertiary/aromatic N) is 2. The third kappa shape index (κ3) is 6.23. The van der Waals surface area contributed by atoms with E-state index in [2.05, 4.69) is 4.90 Å². The average molecular weight is 391 g/mol. The van der Waals surface area contributed by atoms with Crippen molar-refractivity contribution in [3.8, 4) is 5.75 Å². The summed E-state index contributed by atoms with van der Waals surface area (Å²) in [7, 11) is 1.53. The summed E-state index contributed by atoms with van der Waals surface area (Å²) in [5.74, 6) is -0.923. The molecule has 0 spiro atoms. The standard InChI is InChI=1S/C20H29N3O5/c1-28-17-8-3-2-7-16(17)23(13-11-18(21)24)19(25)14-22-12-5-4-6-15(22)9-10-20(26)27/h2-3,7-8,15H,4-6,9-14H2,1H3,(H2,21,24)(H,26,27). The molecule has 1 aliphatic rings. The molecule has 2 amide bonds. The monoisotopic (exact) mass is 391 g/mol. The molecule has 0 saturated carbocycles. The van der Waals surface area contributed by atoms with Crippen LogP contribution in [0.15, 0.2) is 24.3 Å². The number of primary amides is 1. The molecule has 154 valence electrons. The van der Waals surface area contributed by atoms with Crippen molar-refractivity contribution in [2.24, 2.45) is 5.73 Å². The Balaban J connectivity index is 2.16. The fraction of sp³-hybridized carbons (Fsp3) is 0.550. The van der Waals surface area contributed by atoms with Crippen LogP contribution in [0.2, 0.25) is 0 Å². The van der Waals surface area contributed by atoms with Gasteiger partial charge in [-0.2, -0.15) is 0 Å². The largest absolute Gasteiger partial charge is 0.495 e. The zero-order valence-corrected chi connectivity index (χ0v) is 16.3. The second-order valence-corrected chi connectivity index (χ2v) is 6.99. The van der Waals surface area contributed by atoms with Crippen molar-refractivity contribution in [3.63, 3.8) is 0 Å². The summed E-state index contributed by atoms with van der Waals surface area (Å²) in [5.41, 5.74) is 5.88. The number of nitrogens with two attached hydrogens (primary N) is 1. The summed E-state index contributed by atoms with van der Waals surface area (Å²) in [6.07, 6.45) is 3.56. The van der Waals surface area contributed by atoms with Crippen LogP contribution in [0.25, 0.3) is 0 Å². The van der Waals surface area contributed by atoms with Gasteiger partial charge in [0.15, 0.2) is 0 Å². The van der Waals surface area contributed by atoms with Gasteiger partial charge in [0.05, 0.1) is 19.3 Å². The van der Waals surface area contributed by atoms with E-state index in [-0.39, 0.29) is 37.9 Å². The van der Waals surface area contributed by atoms with Crippen LogP contribution in [-0.4, -0.2) is 60.6 Å². The molecule has 1 aliphatic heterocycles. The number of methoxy groups -OCH3 is 1. The van der Waals surface area contributed by atoms with Gasteiger partial charge in [0.2, 0.25) is 11.8 Å². The molecule has 1 aromatic carbocycles. The van der Waals surface area contributed by atoms with E-state index in [1.807, 2.05) is 6.07 Å². The highest BCUT2D eigenvalue weighted by atomic mass is 16.5. The number of amides is 2. The second-order valence-electron chi connectivity index (χ2n) is 6.99. The number of likely N-dealkylation sites (tertiary alicyclic amines) is 1. The van der Waals surface area contributed by atoms with Crippen LogP contribution in [-0.2, 0) is 14.4 Å². The lowest BCUT2D eigenvalue weighted by Gasteiger charge is -2.36. The number of benzene rings is 1. The molecule has 1 heterocycles. The molecule has 1 aromatic rings. The molecular weight excluding hydrogens is 362 g/mol. The Morgan fingerprint density at radius 2 is 2.00 bits per heavy atom. The summed E-state index contributed by atoms with van der Waals surface area (Å²) in [4.78, 5) is 39.0. The highest BCUT2D eigenvalue weighted by molar-refractivity contribution is 5.96. The molecular formula is C20H29N3O5. The molecule has 0 radical (unpaired) electrons. The molecule has 1 fully saturated rings. The summed E-state index contributed by atoms with van der Waals surface area (Å²) in [6.45, 7) is 1.09. The Morgan fingerprint density at radius 1 is 1.25 bits per heavy atom. The Kier molecular flexibility index (Phi) is 8.25. The van der Waals surface area contributed by atoms with Gasteiger partial charge in [-0.15, -0.1) is 0 Å². The summed E-state index contributed by atoms with van der Waals surface area (Å²) in [6, 6.07) is 7.22. The van der Waals surface area contributed by atoms with E-state index < -0.39 is 11.9 Å². The molecule has 28 heavy (non-hydrogen) atoms. The highest BCUT2D eigenvalue weighted by Crippen LogP contribution is 2.29. The van der Waals surface area contributed by atoms with Crippen molar-refractivity contribution in [2.75, 3.05) is 31.6 Å². The van der Waals surface area contributed by atoms with Gasteiger partial charge in [-0.1, -0.05) is 18.6 Å². The normalized spacial score (nSPS) is 17.1. The minimum atomic E-state index is -0.825. The number of anilines is 1. The average Bonchev–Trinajstić information content (AvgIpc) is 2.67. The molecule has 3 N–H and O–H groups in total. The Hall–Kier alpha value is -2.61. The van der Waals surface area contributed by atoms with Gasteiger partial charge in [0, 0.05) is 25.4 Å². The first kappa shape index (κ1) is 21.7. The molecule has 1 unspecified atom stereocenters. The van der Waals surface area contributed by atoms with E-state index in [9.17, 15) is 14.4 Å². The number of rotatable bonds is 10. The van der Waals surface area contributed by atoms with Crippen molar-refractivity contribution in [3.05, 3.63) is 24.3 Å². The summed E-state index contributed by atoms with van der Waals surface area (Å²) >= 11 is 0. The SMILES string of the molecule is COc1ccccc1N(CCC(N)=O)C(=O)CN1CCCCC1CCC(=O)O. The molecule has 0 aliphatic carbocycles. The zero-order chi connectivity index (χ0) is 20.5. The van der Waals surface area contributed by atoms with E-state index in [1.165, 1.54) is 12.0 Å². The van der Waals surface area contributed by atoms with Crippen LogP contribution < -0.4 is 15.4 Å². The van der Waals surface area contributed by atoms with Gasteiger partial charge in [0.1, 0.15) is 5.75 Å². The minimum absolute atomic E-state index is 0.0478. The van der Waals surface area contributed by atoms with Crippen molar-refractivity contribution >= 4 is 23.5 Å². The molecule has 0 aromatic heterocycles. The van der Waals surface area contributed by atoms with E-state index in [4.69, 9.17) is 15.6 Å². The molecule has 8 nitrogen and oxygen atoms in total. The van der Waals surface area contributed by atoms with Crippen molar-refractivity contribution in [1.82, 2.24) is 4.90 Å². The van der Waals surface area contributed by atoms with Crippen LogP contribution in [0.4, 0.5) is 5.69 Å². The molecule has 1 saturated heterocycles. The van der Waals surface area contributed by atoms with Gasteiger partial charge >= 0.3 is 5.97 Å². The van der Waals surface area contributed by atoms with Gasteiger partial charge in [0.25, 0.3) is 0 Å². The predicted molar refractivity (Wildman–Crippen MR) is 105 cm³/mol. The van der Waals surface area contributed by atoms with Crippen LogP contribution in [0.5, 0.6) is 5.75 Å². The van der Waals surface area contributed by atoms with Crippen molar-refractivity contribution < 1.29 is 24.2 Å². The molecule has 0 bridgehead atoms. The number of para-hydroxylation sites is 2. The van der Waals surface area contributed by atoms with Crippen molar-refractivity contribution in [2.45, 2.75) is 44.6 Å². The van der Waals surface area contributed by atoms with E-state index in [0.29, 0.717) is 17.9 Å². The van der Waals surface area contributed by atoms with Gasteiger partial charge in [-0.3, -0.25) is 19.3 Å². The second kappa shape index (κ2) is 10.7. The van der Waals surface area contributed by atoms with Gasteiger partial charge in [-0.05, 0) is 37.9 Å². The molecule has 2 rings (SSSR count). The topological polar surface area (TPSA) is 113 Å². The lowest BCUT2D eigenvalue weighted by Crippen LogP contribution is -2.47. The van der Waals surface area contributed by atoms with Gasteiger partial charge < -0.3 is 20.5 Å². The summed E-state index contributed by atoms with van der Waals surface area (Å²) < 4.78 is 5.37. The van der Waals surface area contributed by atoms with Crippen LogP contribution >= 0.6 is 0 Å². The first-order valence-corrected chi connectivity index (χ1v) is 9.60. The van der Waals surface area contributed by atoms with E-state index in [1.54, 1.807) is 18.2 Å². The number of aliphatic carboxylic acids is 1. The number of carbonyl (C=O) groups is 3. The number of hydrogen-bond donors (Lipinski definition) is 2. The fourth-order valence-electron chi connectivity index (χ4n) is 3.60. The first-order valence-electron chi connectivity index (χ1n) is 9.60. The van der Waals surface area contributed by atoms with Crippen LogP contribution in [0.3, 0.4) is 0 Å². The number of ether oxygens (including phenoxy) is 1. The molecule has 1 atom stereocenters. The van der Waals surface area contributed by atoms with Crippen LogP contribution in [0, 0.1) is 0 Å². The summed E-state index contributed by atoms with van der Waals surface area (Å²) in [5, 5.41) is 8.98. The van der Waals surface area contributed by atoms with Crippen molar-refractivity contribution in [1.29, 1.82) is 0 Å². The molecule has 8 heteroatoms. The Bertz CT molecular complexity index is 694. The van der Waals surface area contributed by atoms with Crippen LogP contribution in [0.1, 0.15) is 38.5 Å². The number of carboxylic acids is 1. The predicted octanol–water partition coefficient (Wildman–Crippen LogP) is 1.62. The zero-order valence-electron chi connectivity index (χ0n) is 16.3. The number of carbonyl (C=O) groups excluding carboxylic acids is 2. The number of carboxylic acid groups (broad SMARTS) is 1. The quantitative estimate of drug-likeness (QED) is 0.627. The lowest BCUT2D eigenvalue weighted by molar-refractivity contribution is -0.137. The highest BCUT2D eigenvalue weighted by Gasteiger charge is 2.28. The smallest absolute Gasteiger partial charge is 0.303 e. The maximum atomic E-state index is 13.1. The Labute approximate surface area is 165 Å². The number of piperidine rings is 1. The fourth-order valence-corrected chi connectivity index (χ4v) is 3.60. The lowest BCUT2D eigenvalue weighted by atomic mass is 9.98. The van der Waals surface area contributed by atoms with Gasteiger partial charge in [-0.25, -0.2) is 0 Å². The third-order valence-electron chi connectivity index (χ3n) is 5.04. The maximum Gasteiger partial charge on any atom is 0.303 e. The first-order chi connectivity index (χ1) is 13.4.